The molecule has 7 heteroatoms. The number of carbonyl (C=O) groups is 1. The number of rotatable bonds is 5. The van der Waals surface area contributed by atoms with Crippen LogP contribution in [-0.4, -0.2) is 22.6 Å². The SMILES string of the molecule is Cc1ccc(-n2ncc([C@@H](C)NC(=O)N[C@@H](C)c3ccc4c(c3)OCO4)c2C)cc1. The van der Waals surface area contributed by atoms with Crippen molar-refractivity contribution in [2.75, 3.05) is 6.79 Å². The number of amides is 2. The molecule has 1 aromatic heterocycles. The van der Waals surface area contributed by atoms with Crippen LogP contribution >= 0.6 is 0 Å². The van der Waals surface area contributed by atoms with E-state index in [4.69, 9.17) is 9.47 Å². The van der Waals surface area contributed by atoms with Gasteiger partial charge in [-0.25, -0.2) is 9.48 Å². The van der Waals surface area contributed by atoms with Crippen molar-refractivity contribution in [3.8, 4) is 17.2 Å². The molecule has 4 rings (SSSR count). The zero-order valence-electron chi connectivity index (χ0n) is 17.6. The summed E-state index contributed by atoms with van der Waals surface area (Å²) in [6.45, 7) is 8.18. The predicted octanol–water partition coefficient (Wildman–Crippen LogP) is 4.34. The van der Waals surface area contributed by atoms with Crippen LogP contribution < -0.4 is 20.1 Å². The summed E-state index contributed by atoms with van der Waals surface area (Å²) in [6, 6.07) is 13.3. The van der Waals surface area contributed by atoms with Crippen molar-refractivity contribution >= 4 is 6.03 Å². The molecule has 2 atom stereocenters. The number of urea groups is 1. The van der Waals surface area contributed by atoms with Gasteiger partial charge in [-0.3, -0.25) is 0 Å². The monoisotopic (exact) mass is 406 g/mol. The van der Waals surface area contributed by atoms with Crippen molar-refractivity contribution in [1.82, 2.24) is 20.4 Å². The largest absolute Gasteiger partial charge is 0.454 e. The van der Waals surface area contributed by atoms with E-state index in [-0.39, 0.29) is 24.9 Å². The van der Waals surface area contributed by atoms with E-state index in [2.05, 4.69) is 34.8 Å². The molecule has 7 nitrogen and oxygen atoms in total. The molecule has 0 radical (unpaired) electrons. The van der Waals surface area contributed by atoms with Gasteiger partial charge < -0.3 is 20.1 Å². The Morgan fingerprint density at radius 3 is 2.47 bits per heavy atom. The molecule has 0 aliphatic carbocycles. The first kappa shape index (κ1) is 19.8. The maximum atomic E-state index is 12.6. The molecule has 2 heterocycles. The Morgan fingerprint density at radius 1 is 1.00 bits per heavy atom. The fourth-order valence-electron chi connectivity index (χ4n) is 3.57. The molecule has 0 unspecified atom stereocenters. The van der Waals surface area contributed by atoms with Gasteiger partial charge in [-0.1, -0.05) is 23.8 Å². The third-order valence-electron chi connectivity index (χ3n) is 5.38. The van der Waals surface area contributed by atoms with E-state index in [0.29, 0.717) is 5.75 Å². The molecule has 0 bridgehead atoms. The fraction of sp³-hybridized carbons (Fsp3) is 0.304. The van der Waals surface area contributed by atoms with Crippen LogP contribution in [0.4, 0.5) is 4.79 Å². The molecule has 0 saturated heterocycles. The van der Waals surface area contributed by atoms with Crippen LogP contribution in [0, 0.1) is 13.8 Å². The standard InChI is InChI=1S/C23H26N4O3/c1-14-5-8-19(9-6-14)27-17(4)20(12-24-27)16(3)26-23(28)25-15(2)18-7-10-21-22(11-18)30-13-29-21/h5-12,15-16H,13H2,1-4H3,(H2,25,26,28)/t15-,16+/m0/s1. The van der Waals surface area contributed by atoms with Crippen LogP contribution in [-0.2, 0) is 0 Å². The highest BCUT2D eigenvalue weighted by Crippen LogP contribution is 2.34. The zero-order valence-corrected chi connectivity index (χ0v) is 17.6. The Morgan fingerprint density at radius 2 is 1.70 bits per heavy atom. The van der Waals surface area contributed by atoms with E-state index in [1.807, 2.05) is 55.8 Å². The highest BCUT2D eigenvalue weighted by molar-refractivity contribution is 5.75. The van der Waals surface area contributed by atoms with Crippen molar-refractivity contribution in [3.63, 3.8) is 0 Å². The van der Waals surface area contributed by atoms with Gasteiger partial charge in [-0.2, -0.15) is 5.10 Å². The first-order valence-electron chi connectivity index (χ1n) is 10.0. The second-order valence-electron chi connectivity index (χ2n) is 7.61. The molecule has 2 N–H and O–H groups in total. The van der Waals surface area contributed by atoms with Crippen molar-refractivity contribution in [2.45, 2.75) is 39.8 Å². The summed E-state index contributed by atoms with van der Waals surface area (Å²) >= 11 is 0. The molecule has 3 aromatic rings. The third kappa shape index (κ3) is 3.96. The van der Waals surface area contributed by atoms with Gasteiger partial charge in [0, 0.05) is 11.3 Å². The predicted molar refractivity (Wildman–Crippen MR) is 114 cm³/mol. The maximum absolute atomic E-state index is 12.6. The van der Waals surface area contributed by atoms with Crippen molar-refractivity contribution in [1.29, 1.82) is 0 Å². The van der Waals surface area contributed by atoms with Gasteiger partial charge in [0.05, 0.1) is 24.0 Å². The second-order valence-corrected chi connectivity index (χ2v) is 7.61. The first-order chi connectivity index (χ1) is 14.4. The number of aryl methyl sites for hydroxylation is 1. The number of hydrogen-bond donors (Lipinski definition) is 2. The lowest BCUT2D eigenvalue weighted by Gasteiger charge is -2.19. The molecule has 2 amide bonds. The maximum Gasteiger partial charge on any atom is 0.315 e. The first-order valence-corrected chi connectivity index (χ1v) is 10.0. The van der Waals surface area contributed by atoms with E-state index < -0.39 is 0 Å². The molecule has 156 valence electrons. The van der Waals surface area contributed by atoms with Crippen LogP contribution in [0.5, 0.6) is 11.5 Å². The molecule has 30 heavy (non-hydrogen) atoms. The van der Waals surface area contributed by atoms with Gasteiger partial charge in [0.1, 0.15) is 0 Å². The summed E-state index contributed by atoms with van der Waals surface area (Å²) in [5.74, 6) is 1.43. The number of nitrogens with zero attached hydrogens (tertiary/aromatic N) is 2. The Kier molecular flexibility index (Phi) is 5.35. The van der Waals surface area contributed by atoms with Gasteiger partial charge >= 0.3 is 6.03 Å². The average molecular weight is 406 g/mol. The Labute approximate surface area is 176 Å². The fourth-order valence-corrected chi connectivity index (χ4v) is 3.57. The molecule has 1 aliphatic heterocycles. The number of fused-ring (bicyclic) bond motifs is 1. The minimum Gasteiger partial charge on any atom is -0.454 e. The van der Waals surface area contributed by atoms with Crippen LogP contribution in [0.3, 0.4) is 0 Å². The number of benzene rings is 2. The van der Waals surface area contributed by atoms with Gasteiger partial charge in [-0.15, -0.1) is 0 Å². The summed E-state index contributed by atoms with van der Waals surface area (Å²) in [6.07, 6.45) is 1.81. The number of carbonyl (C=O) groups excluding carboxylic acids is 1. The van der Waals surface area contributed by atoms with E-state index >= 15 is 0 Å². The van der Waals surface area contributed by atoms with Crippen molar-refractivity contribution in [2.24, 2.45) is 0 Å². The summed E-state index contributed by atoms with van der Waals surface area (Å²) in [5, 5.41) is 10.5. The van der Waals surface area contributed by atoms with E-state index in [1.165, 1.54) is 5.56 Å². The van der Waals surface area contributed by atoms with Gasteiger partial charge in [0.25, 0.3) is 0 Å². The minimum atomic E-state index is -0.241. The van der Waals surface area contributed by atoms with Crippen molar-refractivity contribution < 1.29 is 14.3 Å². The highest BCUT2D eigenvalue weighted by Gasteiger charge is 2.19. The Hall–Kier alpha value is -3.48. The van der Waals surface area contributed by atoms with Crippen LogP contribution in [0.2, 0.25) is 0 Å². The molecule has 0 saturated carbocycles. The highest BCUT2D eigenvalue weighted by atomic mass is 16.7. The normalized spacial score (nSPS) is 14.3. The number of aromatic nitrogens is 2. The number of hydrogen-bond acceptors (Lipinski definition) is 4. The molecule has 2 aromatic carbocycles. The van der Waals surface area contributed by atoms with E-state index in [1.54, 1.807) is 6.20 Å². The number of ether oxygens (including phenoxy) is 2. The minimum absolute atomic E-state index is 0.178. The molecular formula is C23H26N4O3. The van der Waals surface area contributed by atoms with Gasteiger partial charge in [0.2, 0.25) is 6.79 Å². The lowest BCUT2D eigenvalue weighted by atomic mass is 10.1. The van der Waals surface area contributed by atoms with Crippen LogP contribution in [0.15, 0.2) is 48.7 Å². The van der Waals surface area contributed by atoms with E-state index in [0.717, 1.165) is 28.3 Å². The summed E-state index contributed by atoms with van der Waals surface area (Å²) in [4.78, 5) is 12.6. The summed E-state index contributed by atoms with van der Waals surface area (Å²) < 4.78 is 12.6. The average Bonchev–Trinajstić information content (AvgIpc) is 3.34. The Bertz CT molecular complexity index is 1060. The molecular weight excluding hydrogens is 380 g/mol. The molecule has 1 aliphatic rings. The smallest absolute Gasteiger partial charge is 0.315 e. The molecule has 0 spiro atoms. The lowest BCUT2D eigenvalue weighted by Crippen LogP contribution is -2.38. The zero-order chi connectivity index (χ0) is 21.3. The van der Waals surface area contributed by atoms with Gasteiger partial charge in [-0.05, 0) is 57.5 Å². The summed E-state index contributed by atoms with van der Waals surface area (Å²) in [5.41, 5.74) is 5.12. The van der Waals surface area contributed by atoms with Crippen LogP contribution in [0.25, 0.3) is 5.69 Å². The summed E-state index contributed by atoms with van der Waals surface area (Å²) in [7, 11) is 0. The third-order valence-corrected chi connectivity index (χ3v) is 5.38. The van der Waals surface area contributed by atoms with Gasteiger partial charge in [0.15, 0.2) is 11.5 Å². The second kappa shape index (κ2) is 8.10. The number of nitrogens with one attached hydrogen (secondary N) is 2. The lowest BCUT2D eigenvalue weighted by molar-refractivity contribution is 0.174. The van der Waals surface area contributed by atoms with Crippen LogP contribution in [0.1, 0.15) is 48.3 Å². The molecule has 0 fully saturated rings. The quantitative estimate of drug-likeness (QED) is 0.661. The van der Waals surface area contributed by atoms with E-state index in [9.17, 15) is 4.79 Å². The topological polar surface area (TPSA) is 77.4 Å². The van der Waals surface area contributed by atoms with Crippen molar-refractivity contribution in [3.05, 3.63) is 71.0 Å². The Balaban J connectivity index is 1.40.